The summed E-state index contributed by atoms with van der Waals surface area (Å²) in [7, 11) is 0. The molecule has 1 atom stereocenters. The van der Waals surface area contributed by atoms with Gasteiger partial charge in [-0.2, -0.15) is 0 Å². The first-order valence-electron chi connectivity index (χ1n) is 6.94. The third-order valence-corrected chi connectivity index (χ3v) is 3.08. The van der Waals surface area contributed by atoms with E-state index in [0.717, 1.165) is 6.07 Å². The molecule has 22 heavy (non-hydrogen) atoms. The van der Waals surface area contributed by atoms with Crippen LogP contribution in [0.4, 0.5) is 8.78 Å². The Morgan fingerprint density at radius 1 is 1.23 bits per heavy atom. The minimum Gasteiger partial charge on any atom is -0.423 e. The third-order valence-electron chi connectivity index (χ3n) is 3.08. The summed E-state index contributed by atoms with van der Waals surface area (Å²) < 4.78 is 32.0. The molecule has 0 aliphatic carbocycles. The van der Waals surface area contributed by atoms with Gasteiger partial charge in [-0.15, -0.1) is 10.2 Å². The highest BCUT2D eigenvalue weighted by atomic mass is 19.2. The zero-order valence-corrected chi connectivity index (χ0v) is 12.6. The number of hydrogen-bond acceptors (Lipinski definition) is 4. The Morgan fingerprint density at radius 3 is 2.55 bits per heavy atom. The van der Waals surface area contributed by atoms with Crippen molar-refractivity contribution in [3.8, 4) is 0 Å². The molecule has 118 valence electrons. The number of carbonyl (C=O) groups is 1. The van der Waals surface area contributed by atoms with E-state index >= 15 is 0 Å². The predicted octanol–water partition coefficient (Wildman–Crippen LogP) is 2.89. The van der Waals surface area contributed by atoms with Gasteiger partial charge in [0.05, 0.1) is 6.42 Å². The largest absolute Gasteiger partial charge is 0.423 e. The Hall–Kier alpha value is -2.31. The molecule has 2 rings (SSSR count). The van der Waals surface area contributed by atoms with Gasteiger partial charge in [-0.3, -0.25) is 4.79 Å². The fourth-order valence-corrected chi connectivity index (χ4v) is 1.87. The number of nitrogens with one attached hydrogen (secondary N) is 1. The second kappa shape index (κ2) is 6.64. The number of benzene rings is 1. The van der Waals surface area contributed by atoms with Crippen LogP contribution in [0.25, 0.3) is 0 Å². The maximum atomic E-state index is 13.5. The van der Waals surface area contributed by atoms with E-state index in [1.54, 1.807) is 6.92 Å². The molecule has 0 bridgehead atoms. The first-order valence-corrected chi connectivity index (χ1v) is 6.94. The number of hydrogen-bond donors (Lipinski definition) is 1. The lowest BCUT2D eigenvalue weighted by atomic mass is 10.1. The minimum atomic E-state index is -1.01. The van der Waals surface area contributed by atoms with Crippen molar-refractivity contribution in [3.05, 3.63) is 47.2 Å². The number of carbonyl (C=O) groups excluding carboxylic acids is 1. The molecule has 7 heteroatoms. The summed E-state index contributed by atoms with van der Waals surface area (Å²) in [6.07, 6.45) is -0.265. The number of nitrogens with zero attached hydrogens (tertiary/aromatic N) is 2. The molecule has 2 aromatic rings. The van der Waals surface area contributed by atoms with E-state index in [1.165, 1.54) is 12.1 Å². The molecule has 0 spiro atoms. The van der Waals surface area contributed by atoms with Crippen LogP contribution >= 0.6 is 0 Å². The zero-order valence-electron chi connectivity index (χ0n) is 12.6. The topological polar surface area (TPSA) is 68.0 Å². The van der Waals surface area contributed by atoms with E-state index < -0.39 is 23.6 Å². The first kappa shape index (κ1) is 16.1. The van der Waals surface area contributed by atoms with Crippen molar-refractivity contribution < 1.29 is 18.0 Å². The second-order valence-corrected chi connectivity index (χ2v) is 5.31. The highest BCUT2D eigenvalue weighted by Crippen LogP contribution is 2.17. The average Bonchev–Trinajstić information content (AvgIpc) is 2.94. The summed E-state index contributed by atoms with van der Waals surface area (Å²) in [5, 5.41) is 10.4. The van der Waals surface area contributed by atoms with Gasteiger partial charge in [-0.05, 0) is 13.0 Å². The van der Waals surface area contributed by atoms with Crippen LogP contribution in [0.3, 0.4) is 0 Å². The van der Waals surface area contributed by atoms with Crippen molar-refractivity contribution >= 4 is 5.91 Å². The lowest BCUT2D eigenvalue weighted by molar-refractivity contribution is -0.121. The van der Waals surface area contributed by atoms with Crippen molar-refractivity contribution in [2.45, 2.75) is 39.2 Å². The van der Waals surface area contributed by atoms with Gasteiger partial charge < -0.3 is 9.73 Å². The van der Waals surface area contributed by atoms with Gasteiger partial charge in [-0.25, -0.2) is 8.78 Å². The lowest BCUT2D eigenvalue weighted by Gasteiger charge is -2.10. The maximum absolute atomic E-state index is 13.5. The Bertz CT molecular complexity index is 671. The lowest BCUT2D eigenvalue weighted by Crippen LogP contribution is -2.28. The Kier molecular flexibility index (Phi) is 4.85. The standard InChI is InChI=1S/C15H17F2N3O2/c1-8(2)14-19-20-15(22-14)9(3)18-12(21)7-10-5-4-6-11(16)13(10)17/h4-6,8-9H,7H2,1-3H3,(H,18,21)/t9-/m1/s1. The molecule has 0 fully saturated rings. The summed E-state index contributed by atoms with van der Waals surface area (Å²) in [5.41, 5.74) is -0.00176. The molecule has 0 aliphatic rings. The van der Waals surface area contributed by atoms with Crippen LogP contribution in [0.2, 0.25) is 0 Å². The summed E-state index contributed by atoms with van der Waals surface area (Å²) in [6.45, 7) is 5.50. The van der Waals surface area contributed by atoms with Crippen LogP contribution in [0.15, 0.2) is 22.6 Å². The molecule has 1 aromatic heterocycles. The number of aromatic nitrogens is 2. The van der Waals surface area contributed by atoms with Gasteiger partial charge in [0.1, 0.15) is 6.04 Å². The Morgan fingerprint density at radius 2 is 1.91 bits per heavy atom. The molecular weight excluding hydrogens is 292 g/mol. The van der Waals surface area contributed by atoms with Gasteiger partial charge in [0, 0.05) is 11.5 Å². The van der Waals surface area contributed by atoms with Gasteiger partial charge >= 0.3 is 0 Å². The quantitative estimate of drug-likeness (QED) is 0.922. The molecule has 1 heterocycles. The van der Waals surface area contributed by atoms with Gasteiger partial charge in [-0.1, -0.05) is 26.0 Å². The van der Waals surface area contributed by atoms with Crippen LogP contribution in [0.1, 0.15) is 50.1 Å². The van der Waals surface area contributed by atoms with E-state index in [-0.39, 0.29) is 23.8 Å². The molecule has 0 unspecified atom stereocenters. The normalized spacial score (nSPS) is 12.5. The van der Waals surface area contributed by atoms with Gasteiger partial charge in [0.25, 0.3) is 0 Å². The molecule has 1 aromatic carbocycles. The zero-order chi connectivity index (χ0) is 16.3. The van der Waals surface area contributed by atoms with Crippen LogP contribution in [0.5, 0.6) is 0 Å². The SMILES string of the molecule is CC(C)c1nnc([C@@H](C)NC(=O)Cc2cccc(F)c2F)o1. The van der Waals surface area contributed by atoms with Crippen LogP contribution < -0.4 is 5.32 Å². The number of rotatable bonds is 5. The molecule has 1 N–H and O–H groups in total. The van der Waals surface area contributed by atoms with E-state index in [0.29, 0.717) is 5.89 Å². The molecule has 5 nitrogen and oxygen atoms in total. The second-order valence-electron chi connectivity index (χ2n) is 5.31. The molecule has 0 radical (unpaired) electrons. The smallest absolute Gasteiger partial charge is 0.238 e. The van der Waals surface area contributed by atoms with E-state index in [4.69, 9.17) is 4.42 Å². The maximum Gasteiger partial charge on any atom is 0.238 e. The number of halogens is 2. The third kappa shape index (κ3) is 3.66. The van der Waals surface area contributed by atoms with E-state index in [1.807, 2.05) is 13.8 Å². The summed E-state index contributed by atoms with van der Waals surface area (Å²) in [6, 6.07) is 3.22. The average molecular weight is 309 g/mol. The van der Waals surface area contributed by atoms with Crippen molar-refractivity contribution in [1.82, 2.24) is 15.5 Å². The summed E-state index contributed by atoms with van der Waals surface area (Å²) in [4.78, 5) is 11.9. The Balaban J connectivity index is 2.00. The van der Waals surface area contributed by atoms with E-state index in [9.17, 15) is 13.6 Å². The fraction of sp³-hybridized carbons (Fsp3) is 0.400. The van der Waals surface area contributed by atoms with Gasteiger partial charge in [0.2, 0.25) is 17.7 Å². The summed E-state index contributed by atoms with van der Waals surface area (Å²) >= 11 is 0. The highest BCUT2D eigenvalue weighted by molar-refractivity contribution is 5.78. The van der Waals surface area contributed by atoms with Gasteiger partial charge in [0.15, 0.2) is 11.6 Å². The van der Waals surface area contributed by atoms with Crippen molar-refractivity contribution in [1.29, 1.82) is 0 Å². The van der Waals surface area contributed by atoms with Crippen LogP contribution in [-0.4, -0.2) is 16.1 Å². The fourth-order valence-electron chi connectivity index (χ4n) is 1.87. The Labute approximate surface area is 126 Å². The van der Waals surface area contributed by atoms with Crippen molar-refractivity contribution in [2.75, 3.05) is 0 Å². The molecule has 1 amide bonds. The molecule has 0 saturated carbocycles. The number of amides is 1. The summed E-state index contributed by atoms with van der Waals surface area (Å²) in [5.74, 6) is -1.60. The van der Waals surface area contributed by atoms with Crippen molar-refractivity contribution in [3.63, 3.8) is 0 Å². The van der Waals surface area contributed by atoms with Crippen LogP contribution in [0, 0.1) is 11.6 Å². The molecule has 0 saturated heterocycles. The predicted molar refractivity (Wildman–Crippen MR) is 75.0 cm³/mol. The minimum absolute atomic E-state index is 0.00176. The van der Waals surface area contributed by atoms with Crippen LogP contribution in [-0.2, 0) is 11.2 Å². The van der Waals surface area contributed by atoms with E-state index in [2.05, 4.69) is 15.5 Å². The molecule has 0 aliphatic heterocycles. The highest BCUT2D eigenvalue weighted by Gasteiger charge is 2.19. The monoisotopic (exact) mass is 309 g/mol. The first-order chi connectivity index (χ1) is 10.4. The molecular formula is C15H17F2N3O2. The van der Waals surface area contributed by atoms with Crippen molar-refractivity contribution in [2.24, 2.45) is 0 Å².